The zero-order valence-electron chi connectivity index (χ0n) is 15.0. The van der Waals surface area contributed by atoms with E-state index in [2.05, 4.69) is 10.2 Å². The highest BCUT2D eigenvalue weighted by Crippen LogP contribution is 2.34. The number of fused-ring (bicyclic) bond motifs is 1. The van der Waals surface area contributed by atoms with Crippen LogP contribution >= 0.6 is 0 Å². The number of rotatable bonds is 4. The molecule has 0 radical (unpaired) electrons. The molecule has 2 heterocycles. The fraction of sp³-hybridized carbons (Fsp3) is 0.238. The third-order valence-electron chi connectivity index (χ3n) is 4.78. The fourth-order valence-electron chi connectivity index (χ4n) is 3.46. The molecule has 0 aliphatic carbocycles. The molecule has 0 bridgehead atoms. The van der Waals surface area contributed by atoms with Gasteiger partial charge in [-0.3, -0.25) is 4.79 Å². The van der Waals surface area contributed by atoms with E-state index in [9.17, 15) is 9.59 Å². The summed E-state index contributed by atoms with van der Waals surface area (Å²) in [6.07, 6.45) is 2.11. The molecule has 138 valence electrons. The summed E-state index contributed by atoms with van der Waals surface area (Å²) >= 11 is 0. The van der Waals surface area contributed by atoms with Gasteiger partial charge in [-0.2, -0.15) is 0 Å². The molecule has 1 saturated heterocycles. The van der Waals surface area contributed by atoms with Gasteiger partial charge in [0.25, 0.3) is 5.91 Å². The third-order valence-corrected chi connectivity index (χ3v) is 4.78. The van der Waals surface area contributed by atoms with Crippen molar-refractivity contribution < 1.29 is 13.9 Å². The van der Waals surface area contributed by atoms with Crippen LogP contribution in [-0.4, -0.2) is 26.1 Å². The van der Waals surface area contributed by atoms with Gasteiger partial charge in [-0.25, -0.2) is 4.79 Å². The number of anilines is 2. The van der Waals surface area contributed by atoms with Crippen LogP contribution in [0.15, 0.2) is 57.7 Å². The number of benzene rings is 2. The van der Waals surface area contributed by atoms with Gasteiger partial charge in [0.1, 0.15) is 11.3 Å². The lowest BCUT2D eigenvalue weighted by Crippen LogP contribution is -2.25. The minimum atomic E-state index is -0.549. The summed E-state index contributed by atoms with van der Waals surface area (Å²) in [7, 11) is 1.54. The number of methoxy groups -OCH3 is 1. The Kier molecular flexibility index (Phi) is 4.54. The summed E-state index contributed by atoms with van der Waals surface area (Å²) in [5, 5.41) is 3.59. The molecule has 6 heteroatoms. The maximum Gasteiger partial charge on any atom is 0.362 e. The molecule has 2 aromatic carbocycles. The number of hydrogen-bond donors (Lipinski definition) is 1. The van der Waals surface area contributed by atoms with Crippen LogP contribution in [0.25, 0.3) is 11.0 Å². The number of ether oxygens (including phenoxy) is 1. The van der Waals surface area contributed by atoms with Crippen molar-refractivity contribution in [3.63, 3.8) is 0 Å². The Bertz CT molecular complexity index is 1050. The van der Waals surface area contributed by atoms with Crippen LogP contribution in [0.1, 0.15) is 23.2 Å². The maximum atomic E-state index is 12.8. The quantitative estimate of drug-likeness (QED) is 0.716. The van der Waals surface area contributed by atoms with Crippen LogP contribution in [-0.2, 0) is 0 Å². The lowest BCUT2D eigenvalue weighted by Gasteiger charge is -2.22. The third kappa shape index (κ3) is 3.26. The highest BCUT2D eigenvalue weighted by molar-refractivity contribution is 6.09. The summed E-state index contributed by atoms with van der Waals surface area (Å²) < 4.78 is 10.6. The van der Waals surface area contributed by atoms with Gasteiger partial charge in [0.05, 0.1) is 12.8 Å². The van der Waals surface area contributed by atoms with Crippen molar-refractivity contribution in [3.05, 3.63) is 64.5 Å². The first-order valence-corrected chi connectivity index (χ1v) is 8.93. The van der Waals surface area contributed by atoms with Crippen LogP contribution in [0.5, 0.6) is 5.75 Å². The van der Waals surface area contributed by atoms with Gasteiger partial charge in [0, 0.05) is 24.0 Å². The van der Waals surface area contributed by atoms with E-state index < -0.39 is 5.63 Å². The predicted octanol–water partition coefficient (Wildman–Crippen LogP) is 3.65. The van der Waals surface area contributed by atoms with E-state index in [-0.39, 0.29) is 11.6 Å². The van der Waals surface area contributed by atoms with Crippen molar-refractivity contribution in [2.45, 2.75) is 12.8 Å². The standard InChI is InChI=1S/C21H20N2O4/c1-26-15-8-6-7-14(13-15)20(24)22-18-19(23-11-4-5-12-23)16-9-2-3-10-17(16)27-21(18)25/h2-3,6-10,13H,4-5,11-12H2,1H3,(H,22,24). The molecule has 1 aliphatic heterocycles. The Hall–Kier alpha value is -3.28. The Labute approximate surface area is 156 Å². The van der Waals surface area contributed by atoms with E-state index in [4.69, 9.17) is 9.15 Å². The van der Waals surface area contributed by atoms with E-state index in [1.165, 1.54) is 0 Å². The van der Waals surface area contributed by atoms with E-state index in [0.29, 0.717) is 16.9 Å². The van der Waals surface area contributed by atoms with Gasteiger partial charge in [-0.15, -0.1) is 0 Å². The van der Waals surface area contributed by atoms with E-state index >= 15 is 0 Å². The Morgan fingerprint density at radius 1 is 1.11 bits per heavy atom. The highest BCUT2D eigenvalue weighted by atomic mass is 16.5. The second-order valence-corrected chi connectivity index (χ2v) is 6.49. The second-order valence-electron chi connectivity index (χ2n) is 6.49. The zero-order chi connectivity index (χ0) is 18.8. The predicted molar refractivity (Wildman–Crippen MR) is 105 cm³/mol. The number of para-hydroxylation sites is 1. The molecule has 1 aromatic heterocycles. The minimum absolute atomic E-state index is 0.184. The molecule has 1 fully saturated rings. The van der Waals surface area contributed by atoms with Gasteiger partial charge in [0.2, 0.25) is 0 Å². The number of amides is 1. The maximum absolute atomic E-state index is 12.8. The van der Waals surface area contributed by atoms with Crippen molar-refractivity contribution in [2.24, 2.45) is 0 Å². The van der Waals surface area contributed by atoms with Gasteiger partial charge >= 0.3 is 5.63 Å². The summed E-state index contributed by atoms with van der Waals surface area (Å²) in [6.45, 7) is 1.69. The van der Waals surface area contributed by atoms with Crippen LogP contribution < -0.4 is 20.6 Å². The Morgan fingerprint density at radius 2 is 1.89 bits per heavy atom. The molecule has 27 heavy (non-hydrogen) atoms. The number of carbonyl (C=O) groups excluding carboxylic acids is 1. The topological polar surface area (TPSA) is 71.8 Å². The van der Waals surface area contributed by atoms with E-state index in [1.807, 2.05) is 18.2 Å². The van der Waals surface area contributed by atoms with Gasteiger partial charge in [-0.05, 0) is 43.2 Å². The average molecular weight is 364 g/mol. The van der Waals surface area contributed by atoms with Crippen LogP contribution in [0.4, 0.5) is 11.4 Å². The molecule has 3 aromatic rings. The molecular weight excluding hydrogens is 344 g/mol. The van der Waals surface area contributed by atoms with Crippen LogP contribution in [0, 0.1) is 0 Å². The lowest BCUT2D eigenvalue weighted by molar-refractivity contribution is 0.102. The number of hydrogen-bond acceptors (Lipinski definition) is 5. The molecule has 0 spiro atoms. The SMILES string of the molecule is COc1cccc(C(=O)Nc2c(N3CCCC3)c3ccccc3oc2=O)c1. The first kappa shape index (κ1) is 17.1. The molecular formula is C21H20N2O4. The second kappa shape index (κ2) is 7.15. The van der Waals surface area contributed by atoms with Crippen molar-refractivity contribution in [1.82, 2.24) is 0 Å². The number of nitrogens with zero attached hydrogens (tertiary/aromatic N) is 1. The van der Waals surface area contributed by atoms with E-state index in [1.54, 1.807) is 37.4 Å². The highest BCUT2D eigenvalue weighted by Gasteiger charge is 2.24. The van der Waals surface area contributed by atoms with Crippen LogP contribution in [0.3, 0.4) is 0 Å². The van der Waals surface area contributed by atoms with Gasteiger partial charge < -0.3 is 19.4 Å². The monoisotopic (exact) mass is 364 g/mol. The Morgan fingerprint density at radius 3 is 2.67 bits per heavy atom. The zero-order valence-corrected chi connectivity index (χ0v) is 15.0. The molecule has 6 nitrogen and oxygen atoms in total. The number of carbonyl (C=O) groups is 1. The first-order valence-electron chi connectivity index (χ1n) is 8.93. The van der Waals surface area contributed by atoms with Crippen molar-refractivity contribution >= 4 is 28.3 Å². The lowest BCUT2D eigenvalue weighted by atomic mass is 10.1. The normalized spacial score (nSPS) is 13.7. The Balaban J connectivity index is 1.80. The summed E-state index contributed by atoms with van der Waals surface area (Å²) in [5.41, 5.74) is 1.30. The van der Waals surface area contributed by atoms with Gasteiger partial charge in [-0.1, -0.05) is 18.2 Å². The fourth-order valence-corrected chi connectivity index (χ4v) is 3.46. The molecule has 1 aliphatic rings. The largest absolute Gasteiger partial charge is 0.497 e. The van der Waals surface area contributed by atoms with Crippen molar-refractivity contribution in [3.8, 4) is 5.75 Å². The van der Waals surface area contributed by atoms with Crippen molar-refractivity contribution in [2.75, 3.05) is 30.4 Å². The summed E-state index contributed by atoms with van der Waals surface area (Å²) in [5.74, 6) is 0.199. The number of nitrogens with one attached hydrogen (secondary N) is 1. The minimum Gasteiger partial charge on any atom is -0.497 e. The molecule has 0 unspecified atom stereocenters. The smallest absolute Gasteiger partial charge is 0.362 e. The molecule has 4 rings (SSSR count). The average Bonchev–Trinajstić information content (AvgIpc) is 3.22. The van der Waals surface area contributed by atoms with Crippen LogP contribution in [0.2, 0.25) is 0 Å². The first-order chi connectivity index (χ1) is 13.2. The van der Waals surface area contributed by atoms with Crippen molar-refractivity contribution in [1.29, 1.82) is 0 Å². The molecule has 1 N–H and O–H groups in total. The summed E-state index contributed by atoms with van der Waals surface area (Å²) in [4.78, 5) is 27.6. The summed E-state index contributed by atoms with van der Waals surface area (Å²) in [6, 6.07) is 14.2. The molecule has 1 amide bonds. The van der Waals surface area contributed by atoms with Gasteiger partial charge in [0.15, 0.2) is 5.69 Å². The molecule has 0 saturated carbocycles. The van der Waals surface area contributed by atoms with E-state index in [0.717, 1.165) is 37.0 Å². The molecule has 0 atom stereocenters.